The van der Waals surface area contributed by atoms with Crippen molar-refractivity contribution in [3.8, 4) is 0 Å². The zero-order valence-electron chi connectivity index (χ0n) is 13.7. The molecule has 0 aliphatic heterocycles. The number of rotatable bonds is 5. The summed E-state index contributed by atoms with van der Waals surface area (Å²) < 4.78 is 5.36. The van der Waals surface area contributed by atoms with Crippen LogP contribution in [-0.2, 0) is 11.2 Å². The summed E-state index contributed by atoms with van der Waals surface area (Å²) in [6.07, 6.45) is 3.31. The summed E-state index contributed by atoms with van der Waals surface area (Å²) >= 11 is 0. The maximum Gasteiger partial charge on any atom is 0.326 e. The van der Waals surface area contributed by atoms with Gasteiger partial charge in [-0.1, -0.05) is 36.4 Å². The lowest BCUT2D eigenvalue weighted by molar-refractivity contribution is -0.139. The van der Waals surface area contributed by atoms with Crippen LogP contribution in [0.2, 0.25) is 0 Å². The van der Waals surface area contributed by atoms with Gasteiger partial charge < -0.3 is 19.8 Å². The number of para-hydroxylation sites is 2. The molecule has 0 spiro atoms. The highest BCUT2D eigenvalue weighted by molar-refractivity contribution is 6.07. The van der Waals surface area contributed by atoms with Crippen molar-refractivity contribution < 1.29 is 19.1 Å². The second kappa shape index (κ2) is 6.40. The molecule has 0 saturated heterocycles. The first kappa shape index (κ1) is 16.0. The molecule has 3 N–H and O–H groups in total. The van der Waals surface area contributed by atoms with Crippen molar-refractivity contribution in [2.24, 2.45) is 0 Å². The van der Waals surface area contributed by atoms with E-state index in [9.17, 15) is 14.7 Å². The molecule has 0 aliphatic carbocycles. The Bertz CT molecular complexity index is 1110. The number of carboxylic acid groups (broad SMARTS) is 1. The Kier molecular flexibility index (Phi) is 3.93. The van der Waals surface area contributed by atoms with Gasteiger partial charge in [-0.15, -0.1) is 0 Å². The van der Waals surface area contributed by atoms with Crippen molar-refractivity contribution in [2.75, 3.05) is 0 Å². The number of amides is 1. The maximum absolute atomic E-state index is 12.6. The molecule has 0 saturated carbocycles. The van der Waals surface area contributed by atoms with Crippen LogP contribution in [0.4, 0.5) is 0 Å². The first-order valence-electron chi connectivity index (χ1n) is 8.18. The van der Waals surface area contributed by atoms with Crippen molar-refractivity contribution >= 4 is 33.7 Å². The van der Waals surface area contributed by atoms with E-state index in [1.165, 1.54) is 6.26 Å². The average molecular weight is 348 g/mol. The summed E-state index contributed by atoms with van der Waals surface area (Å²) in [5, 5.41) is 13.8. The molecule has 0 unspecified atom stereocenters. The number of carbonyl (C=O) groups is 2. The lowest BCUT2D eigenvalue weighted by Crippen LogP contribution is -2.42. The number of H-pyrrole nitrogens is 1. The fourth-order valence-corrected chi connectivity index (χ4v) is 3.11. The Morgan fingerprint density at radius 1 is 1.08 bits per heavy atom. The summed E-state index contributed by atoms with van der Waals surface area (Å²) in [4.78, 5) is 27.4. The Labute approximate surface area is 148 Å². The van der Waals surface area contributed by atoms with Gasteiger partial charge in [-0.25, -0.2) is 4.79 Å². The maximum atomic E-state index is 12.6. The van der Waals surface area contributed by atoms with Crippen LogP contribution in [0.1, 0.15) is 15.9 Å². The second-order valence-electron chi connectivity index (χ2n) is 6.07. The van der Waals surface area contributed by atoms with Crippen LogP contribution in [-0.4, -0.2) is 28.0 Å². The lowest BCUT2D eigenvalue weighted by Gasteiger charge is -2.13. The molecule has 26 heavy (non-hydrogen) atoms. The number of aromatic nitrogens is 1. The number of hydrogen-bond donors (Lipinski definition) is 3. The number of nitrogens with one attached hydrogen (secondary N) is 2. The first-order valence-corrected chi connectivity index (χ1v) is 8.18. The smallest absolute Gasteiger partial charge is 0.326 e. The van der Waals surface area contributed by atoms with E-state index in [-0.39, 0.29) is 6.42 Å². The molecule has 130 valence electrons. The summed E-state index contributed by atoms with van der Waals surface area (Å²) in [6, 6.07) is 13.7. The van der Waals surface area contributed by atoms with Crippen LogP contribution >= 0.6 is 0 Å². The van der Waals surface area contributed by atoms with E-state index in [1.54, 1.807) is 24.4 Å². The van der Waals surface area contributed by atoms with Crippen LogP contribution < -0.4 is 5.32 Å². The third-order valence-electron chi connectivity index (χ3n) is 4.43. The van der Waals surface area contributed by atoms with Crippen LogP contribution in [0.15, 0.2) is 65.4 Å². The number of furan rings is 1. The largest absolute Gasteiger partial charge is 0.480 e. The van der Waals surface area contributed by atoms with E-state index in [2.05, 4.69) is 10.3 Å². The van der Waals surface area contributed by atoms with Crippen molar-refractivity contribution in [3.63, 3.8) is 0 Å². The van der Waals surface area contributed by atoms with Gasteiger partial charge in [0.05, 0.1) is 5.56 Å². The molecule has 4 rings (SSSR count). The third-order valence-corrected chi connectivity index (χ3v) is 4.43. The van der Waals surface area contributed by atoms with Gasteiger partial charge >= 0.3 is 5.97 Å². The fourth-order valence-electron chi connectivity index (χ4n) is 3.11. The average Bonchev–Trinajstić information content (AvgIpc) is 3.25. The van der Waals surface area contributed by atoms with E-state index in [1.807, 2.05) is 30.3 Å². The standard InChI is InChI=1S/C20H16N2O4/c23-19(15-11-26-18-8-4-2-6-14(15)18)22-17(20(24)25)9-12-10-21-16-7-3-1-5-13(12)16/h1-8,10-11,17,21H,9H2,(H,22,23)(H,24,25)/t17-/m0/s1. The van der Waals surface area contributed by atoms with Gasteiger partial charge in [-0.3, -0.25) is 4.79 Å². The predicted molar refractivity (Wildman–Crippen MR) is 97.1 cm³/mol. The summed E-state index contributed by atoms with van der Waals surface area (Å²) in [6.45, 7) is 0. The summed E-state index contributed by atoms with van der Waals surface area (Å²) in [5.74, 6) is -1.56. The summed E-state index contributed by atoms with van der Waals surface area (Å²) in [5.41, 5.74) is 2.68. The topological polar surface area (TPSA) is 95.3 Å². The van der Waals surface area contributed by atoms with E-state index in [0.29, 0.717) is 16.5 Å². The Morgan fingerprint density at radius 3 is 2.62 bits per heavy atom. The highest BCUT2D eigenvalue weighted by Crippen LogP contribution is 2.22. The first-order chi connectivity index (χ1) is 12.6. The van der Waals surface area contributed by atoms with Gasteiger partial charge in [0.2, 0.25) is 0 Å². The third kappa shape index (κ3) is 2.82. The van der Waals surface area contributed by atoms with Crippen molar-refractivity contribution in [1.29, 1.82) is 0 Å². The minimum atomic E-state index is -1.09. The van der Waals surface area contributed by atoms with E-state index >= 15 is 0 Å². The Hall–Kier alpha value is -3.54. The zero-order chi connectivity index (χ0) is 18.1. The number of carbonyl (C=O) groups excluding carboxylic acids is 1. The van der Waals surface area contributed by atoms with Crippen LogP contribution in [0, 0.1) is 0 Å². The number of benzene rings is 2. The van der Waals surface area contributed by atoms with Gasteiger partial charge in [0, 0.05) is 28.9 Å². The van der Waals surface area contributed by atoms with Gasteiger partial charge in [0.15, 0.2) is 0 Å². The van der Waals surface area contributed by atoms with Crippen LogP contribution in [0.25, 0.3) is 21.9 Å². The molecule has 0 fully saturated rings. The highest BCUT2D eigenvalue weighted by Gasteiger charge is 2.24. The van der Waals surface area contributed by atoms with Crippen LogP contribution in [0.5, 0.6) is 0 Å². The van der Waals surface area contributed by atoms with Gasteiger partial charge in [-0.2, -0.15) is 0 Å². The van der Waals surface area contributed by atoms with E-state index in [4.69, 9.17) is 4.42 Å². The lowest BCUT2D eigenvalue weighted by atomic mass is 10.0. The molecular weight excluding hydrogens is 332 g/mol. The van der Waals surface area contributed by atoms with Gasteiger partial charge in [-0.05, 0) is 17.7 Å². The molecule has 2 aromatic carbocycles. The molecule has 0 radical (unpaired) electrons. The van der Waals surface area contributed by atoms with Crippen molar-refractivity contribution in [3.05, 3.63) is 72.1 Å². The van der Waals surface area contributed by atoms with Crippen molar-refractivity contribution in [2.45, 2.75) is 12.5 Å². The number of carboxylic acids is 1. The van der Waals surface area contributed by atoms with Crippen LogP contribution in [0.3, 0.4) is 0 Å². The number of fused-ring (bicyclic) bond motifs is 2. The number of aromatic amines is 1. The van der Waals surface area contributed by atoms with E-state index in [0.717, 1.165) is 16.5 Å². The highest BCUT2D eigenvalue weighted by atomic mass is 16.4. The molecule has 2 heterocycles. The molecule has 4 aromatic rings. The fraction of sp³-hybridized carbons (Fsp3) is 0.100. The molecule has 6 nitrogen and oxygen atoms in total. The molecule has 0 aliphatic rings. The molecule has 0 bridgehead atoms. The van der Waals surface area contributed by atoms with E-state index < -0.39 is 17.9 Å². The minimum Gasteiger partial charge on any atom is -0.480 e. The predicted octanol–water partition coefficient (Wildman–Crippen LogP) is 3.34. The van der Waals surface area contributed by atoms with Gasteiger partial charge in [0.1, 0.15) is 17.9 Å². The van der Waals surface area contributed by atoms with Crippen molar-refractivity contribution in [1.82, 2.24) is 10.3 Å². The molecule has 2 aromatic heterocycles. The normalized spacial score (nSPS) is 12.3. The SMILES string of the molecule is O=C(N[C@@H](Cc1c[nH]c2ccccc12)C(=O)O)c1coc2ccccc12. The Balaban J connectivity index is 1.59. The minimum absolute atomic E-state index is 0.181. The number of aliphatic carboxylic acids is 1. The Morgan fingerprint density at radius 2 is 1.81 bits per heavy atom. The second-order valence-corrected chi connectivity index (χ2v) is 6.07. The van der Waals surface area contributed by atoms with Gasteiger partial charge in [0.25, 0.3) is 5.91 Å². The zero-order valence-corrected chi connectivity index (χ0v) is 13.7. The molecule has 1 amide bonds. The molecule has 6 heteroatoms. The molecular formula is C20H16N2O4. The molecule has 1 atom stereocenters. The quantitative estimate of drug-likeness (QED) is 0.515. The summed E-state index contributed by atoms with van der Waals surface area (Å²) in [7, 11) is 0. The monoisotopic (exact) mass is 348 g/mol. The number of hydrogen-bond acceptors (Lipinski definition) is 3.